The summed E-state index contributed by atoms with van der Waals surface area (Å²) in [5.41, 5.74) is 4.61. The van der Waals surface area contributed by atoms with Crippen LogP contribution in [0.1, 0.15) is 70.0 Å². The minimum absolute atomic E-state index is 0.0136. The van der Waals surface area contributed by atoms with Crippen LogP contribution < -0.4 is 10.1 Å². The number of nitrogens with zero attached hydrogens (tertiary/aromatic N) is 1. The van der Waals surface area contributed by atoms with E-state index in [1.807, 2.05) is 12.1 Å². The number of unbranched alkanes of at least 4 members (excludes halogenated alkanes) is 1. The number of nitrogens with one attached hydrogen (secondary N) is 1. The number of amides is 1. The summed E-state index contributed by atoms with van der Waals surface area (Å²) in [7, 11) is 0. The van der Waals surface area contributed by atoms with Gasteiger partial charge in [-0.25, -0.2) is 4.79 Å². The van der Waals surface area contributed by atoms with E-state index in [2.05, 4.69) is 55.3 Å². The lowest BCUT2D eigenvalue weighted by Crippen LogP contribution is -2.53. The third-order valence-corrected chi connectivity index (χ3v) is 8.71. The van der Waals surface area contributed by atoms with Gasteiger partial charge in [0.15, 0.2) is 0 Å². The quantitative estimate of drug-likeness (QED) is 0.406. The van der Waals surface area contributed by atoms with Crippen LogP contribution in [0.4, 0.5) is 4.79 Å². The van der Waals surface area contributed by atoms with Gasteiger partial charge in [-0.1, -0.05) is 63.1 Å². The number of hydrogen-bond donors (Lipinski definition) is 1. The molecule has 1 amide bonds. The summed E-state index contributed by atoms with van der Waals surface area (Å²) in [4.78, 5) is 15.4. The van der Waals surface area contributed by atoms with Crippen LogP contribution in [0.2, 0.25) is 5.02 Å². The molecule has 5 nitrogen and oxygen atoms in total. The van der Waals surface area contributed by atoms with E-state index in [0.717, 1.165) is 75.0 Å². The topological polar surface area (TPSA) is 50.8 Å². The fourth-order valence-electron chi connectivity index (χ4n) is 6.04. The first-order valence-corrected chi connectivity index (χ1v) is 14.0. The lowest BCUT2D eigenvalue weighted by Gasteiger charge is -2.44. The monoisotopic (exact) mass is 510 g/mol. The zero-order chi connectivity index (χ0) is 25.3. The molecule has 6 heteroatoms. The van der Waals surface area contributed by atoms with Crippen molar-refractivity contribution in [2.24, 2.45) is 11.3 Å². The summed E-state index contributed by atoms with van der Waals surface area (Å²) in [5, 5.41) is 3.89. The van der Waals surface area contributed by atoms with Crippen LogP contribution in [-0.4, -0.2) is 43.3 Å². The summed E-state index contributed by atoms with van der Waals surface area (Å²) in [6.45, 7) is 10.4. The Labute approximate surface area is 220 Å². The number of ether oxygens (including phenoxy) is 2. The molecule has 2 bridgehead atoms. The van der Waals surface area contributed by atoms with Crippen molar-refractivity contribution in [3.8, 4) is 16.9 Å². The molecule has 0 aromatic heterocycles. The zero-order valence-electron chi connectivity index (χ0n) is 21.8. The van der Waals surface area contributed by atoms with E-state index in [9.17, 15) is 4.79 Å². The molecule has 36 heavy (non-hydrogen) atoms. The zero-order valence-corrected chi connectivity index (χ0v) is 22.6. The first-order chi connectivity index (χ1) is 17.3. The van der Waals surface area contributed by atoms with E-state index < -0.39 is 0 Å². The predicted octanol–water partition coefficient (Wildman–Crippen LogP) is 7.02. The van der Waals surface area contributed by atoms with Crippen molar-refractivity contribution in [2.75, 3.05) is 26.2 Å². The van der Waals surface area contributed by atoms with Gasteiger partial charge in [0, 0.05) is 6.54 Å². The molecule has 2 aromatic carbocycles. The first-order valence-electron chi connectivity index (χ1n) is 13.6. The van der Waals surface area contributed by atoms with Gasteiger partial charge in [0.2, 0.25) is 0 Å². The van der Waals surface area contributed by atoms with Crippen LogP contribution in [0.25, 0.3) is 11.1 Å². The molecule has 3 heterocycles. The predicted molar refractivity (Wildman–Crippen MR) is 145 cm³/mol. The Morgan fingerprint density at radius 2 is 1.89 bits per heavy atom. The second kappa shape index (κ2) is 10.6. The van der Waals surface area contributed by atoms with E-state index in [1.165, 1.54) is 11.1 Å². The molecule has 0 radical (unpaired) electrons. The molecule has 1 N–H and O–H groups in total. The normalized spacial score (nSPS) is 26.2. The summed E-state index contributed by atoms with van der Waals surface area (Å²) >= 11 is 6.53. The molecule has 3 fully saturated rings. The molecule has 1 aliphatic carbocycles. The standard InChI is InChI=1S/C30H39ClN2O3/c1-4-5-16-35-26-9-7-22(18-25(26)31)21-6-8-24-23(17-21)10-13-30(2,3)28(24)32-29(34)36-27-19-33-14-11-20(27)12-15-33/h6-9,17-18,20,27-28H,4-5,10-16,19H2,1-3H3,(H,32,34)/t27-,28?/m1/s1. The number of halogens is 1. The number of hydrogen-bond acceptors (Lipinski definition) is 4. The van der Waals surface area contributed by atoms with Crippen molar-refractivity contribution in [3.05, 3.63) is 52.5 Å². The number of aryl methyl sites for hydroxylation is 1. The van der Waals surface area contributed by atoms with Gasteiger partial charge in [-0.3, -0.25) is 4.90 Å². The minimum Gasteiger partial charge on any atom is -0.492 e. The molecule has 6 rings (SSSR count). The fraction of sp³-hybridized carbons (Fsp3) is 0.567. The van der Waals surface area contributed by atoms with E-state index in [-0.39, 0.29) is 23.7 Å². The molecule has 194 valence electrons. The molecule has 0 saturated carbocycles. The Morgan fingerprint density at radius 3 is 2.58 bits per heavy atom. The van der Waals surface area contributed by atoms with Crippen molar-refractivity contribution in [3.63, 3.8) is 0 Å². The Hall–Kier alpha value is -2.24. The summed E-state index contributed by atoms with van der Waals surface area (Å²) < 4.78 is 11.8. The summed E-state index contributed by atoms with van der Waals surface area (Å²) in [6, 6.07) is 12.5. The van der Waals surface area contributed by atoms with E-state index in [4.69, 9.17) is 21.1 Å². The van der Waals surface area contributed by atoms with Gasteiger partial charge in [-0.2, -0.15) is 0 Å². The highest BCUT2D eigenvalue weighted by molar-refractivity contribution is 6.32. The summed E-state index contributed by atoms with van der Waals surface area (Å²) in [5.74, 6) is 1.24. The van der Waals surface area contributed by atoms with Crippen LogP contribution in [0.5, 0.6) is 5.75 Å². The maximum absolute atomic E-state index is 13.0. The van der Waals surface area contributed by atoms with Crippen molar-refractivity contribution in [1.82, 2.24) is 10.2 Å². The molecule has 3 saturated heterocycles. The molecule has 1 unspecified atom stereocenters. The van der Waals surface area contributed by atoms with Crippen molar-refractivity contribution >= 4 is 17.7 Å². The first kappa shape index (κ1) is 25.4. The fourth-order valence-corrected chi connectivity index (χ4v) is 6.27. The molecule has 0 spiro atoms. The van der Waals surface area contributed by atoms with E-state index in [1.54, 1.807) is 0 Å². The Morgan fingerprint density at radius 1 is 1.14 bits per heavy atom. The van der Waals surface area contributed by atoms with E-state index >= 15 is 0 Å². The van der Waals surface area contributed by atoms with Gasteiger partial charge in [-0.05, 0) is 90.9 Å². The largest absolute Gasteiger partial charge is 0.492 e. The van der Waals surface area contributed by atoms with Crippen LogP contribution in [0.3, 0.4) is 0 Å². The number of carbonyl (C=O) groups is 1. The molecule has 2 atom stereocenters. The lowest BCUT2D eigenvalue weighted by atomic mass is 9.70. The Bertz CT molecular complexity index is 1090. The lowest BCUT2D eigenvalue weighted by molar-refractivity contribution is -0.0353. The highest BCUT2D eigenvalue weighted by Gasteiger charge is 2.40. The Balaban J connectivity index is 1.31. The van der Waals surface area contributed by atoms with Gasteiger partial charge >= 0.3 is 6.09 Å². The van der Waals surface area contributed by atoms with Gasteiger partial charge in [-0.15, -0.1) is 0 Å². The smallest absolute Gasteiger partial charge is 0.407 e. The molecule has 2 aromatic rings. The summed E-state index contributed by atoms with van der Waals surface area (Å²) in [6.07, 6.45) is 6.09. The third kappa shape index (κ3) is 5.38. The number of piperidine rings is 3. The van der Waals surface area contributed by atoms with Crippen LogP contribution in [0.15, 0.2) is 36.4 Å². The number of benzene rings is 2. The van der Waals surface area contributed by atoms with Crippen LogP contribution in [-0.2, 0) is 11.2 Å². The molecular formula is C30H39ClN2O3. The third-order valence-electron chi connectivity index (χ3n) is 8.41. The highest BCUT2D eigenvalue weighted by Crippen LogP contribution is 2.45. The minimum atomic E-state index is -0.283. The van der Waals surface area contributed by atoms with E-state index in [0.29, 0.717) is 17.5 Å². The highest BCUT2D eigenvalue weighted by atomic mass is 35.5. The molecule has 4 aliphatic rings. The maximum atomic E-state index is 13.0. The number of fused-ring (bicyclic) bond motifs is 4. The second-order valence-electron chi connectivity index (χ2n) is 11.4. The SMILES string of the molecule is CCCCOc1ccc(-c2ccc3c(c2)CCC(C)(C)C3NC(=O)O[C@@H]2CN3CCC2CC3)cc1Cl. The van der Waals surface area contributed by atoms with Crippen LogP contribution in [0, 0.1) is 11.3 Å². The average Bonchev–Trinajstić information content (AvgIpc) is 2.87. The Kier molecular flexibility index (Phi) is 7.50. The average molecular weight is 511 g/mol. The molecule has 3 aliphatic heterocycles. The van der Waals surface area contributed by atoms with Crippen LogP contribution >= 0.6 is 11.6 Å². The van der Waals surface area contributed by atoms with Gasteiger partial charge in [0.05, 0.1) is 17.7 Å². The van der Waals surface area contributed by atoms with Crippen molar-refractivity contribution in [2.45, 2.75) is 71.4 Å². The van der Waals surface area contributed by atoms with Gasteiger partial charge in [0.25, 0.3) is 0 Å². The maximum Gasteiger partial charge on any atom is 0.407 e. The second-order valence-corrected chi connectivity index (χ2v) is 11.8. The number of alkyl carbamates (subject to hydrolysis) is 1. The number of rotatable bonds is 7. The van der Waals surface area contributed by atoms with Gasteiger partial charge < -0.3 is 14.8 Å². The van der Waals surface area contributed by atoms with Crippen molar-refractivity contribution < 1.29 is 14.3 Å². The van der Waals surface area contributed by atoms with Gasteiger partial charge in [0.1, 0.15) is 11.9 Å². The molecular weight excluding hydrogens is 472 g/mol. The van der Waals surface area contributed by atoms with Crippen molar-refractivity contribution in [1.29, 1.82) is 0 Å². The number of carbonyl (C=O) groups excluding carboxylic acids is 1.